The first kappa shape index (κ1) is 7.74. The summed E-state index contributed by atoms with van der Waals surface area (Å²) in [7, 11) is 0. The van der Waals surface area contributed by atoms with Gasteiger partial charge < -0.3 is 0 Å². The van der Waals surface area contributed by atoms with Crippen molar-refractivity contribution in [3.8, 4) is 0 Å². The Bertz CT molecular complexity index is 70.1. The van der Waals surface area contributed by atoms with Gasteiger partial charge in [-0.2, -0.15) is 0 Å². The topological polar surface area (TPSA) is 0 Å². The molecule has 0 saturated carbocycles. The Labute approximate surface area is 52.6 Å². The van der Waals surface area contributed by atoms with Gasteiger partial charge >= 0.3 is 0 Å². The predicted molar refractivity (Wildman–Crippen MR) is 37.6 cm³/mol. The molecule has 0 spiro atoms. The average molecular weight is 111 g/mol. The van der Waals surface area contributed by atoms with E-state index in [1.165, 1.54) is 6.42 Å². The quantitative estimate of drug-likeness (QED) is 0.525. The molecule has 0 unspecified atom stereocenters. The minimum atomic E-state index is 0.786. The Balaban J connectivity index is 3.05. The highest BCUT2D eigenvalue weighted by atomic mass is 14.0. The molecule has 0 bridgehead atoms. The molecule has 0 aliphatic carbocycles. The second-order valence-corrected chi connectivity index (χ2v) is 2.78. The fraction of sp³-hybridized carbons (Fsp3) is 0.750. The summed E-state index contributed by atoms with van der Waals surface area (Å²) < 4.78 is 0. The third kappa shape index (κ3) is 5.74. The molecule has 0 atom stereocenters. The molecule has 0 aromatic carbocycles. The van der Waals surface area contributed by atoms with Crippen LogP contribution in [0, 0.1) is 12.5 Å². The summed E-state index contributed by atoms with van der Waals surface area (Å²) >= 11 is 0. The van der Waals surface area contributed by atoms with Gasteiger partial charge in [0.25, 0.3) is 0 Å². The molecule has 0 heteroatoms. The number of hydrogen-bond acceptors (Lipinski definition) is 0. The number of allylic oxidation sites excluding steroid dienone is 1. The first-order chi connectivity index (χ1) is 3.63. The predicted octanol–water partition coefficient (Wildman–Crippen LogP) is 2.80. The van der Waals surface area contributed by atoms with E-state index in [0.29, 0.717) is 0 Å². The molecule has 0 heterocycles. The van der Waals surface area contributed by atoms with Gasteiger partial charge in [0.2, 0.25) is 0 Å². The maximum atomic E-state index is 5.46. The van der Waals surface area contributed by atoms with E-state index in [0.717, 1.165) is 17.9 Å². The van der Waals surface area contributed by atoms with E-state index in [1.807, 2.05) is 6.92 Å². The van der Waals surface area contributed by atoms with Gasteiger partial charge in [0.05, 0.1) is 0 Å². The van der Waals surface area contributed by atoms with Crippen molar-refractivity contribution >= 4 is 0 Å². The van der Waals surface area contributed by atoms with Crippen molar-refractivity contribution in [3.05, 3.63) is 12.2 Å². The molecule has 0 aliphatic rings. The lowest BCUT2D eigenvalue weighted by Gasteiger charge is -2.01. The van der Waals surface area contributed by atoms with Crippen LogP contribution in [-0.4, -0.2) is 0 Å². The highest BCUT2D eigenvalue weighted by Crippen LogP contribution is 2.07. The minimum absolute atomic E-state index is 0.786. The third-order valence-electron chi connectivity index (χ3n) is 1.12. The summed E-state index contributed by atoms with van der Waals surface area (Å²) in [5.41, 5.74) is 1.05. The zero-order chi connectivity index (χ0) is 6.57. The zero-order valence-electron chi connectivity index (χ0n) is 6.07. The Morgan fingerprint density at radius 3 is 2.12 bits per heavy atom. The first-order valence-corrected chi connectivity index (χ1v) is 3.21. The highest BCUT2D eigenvalue weighted by molar-refractivity contribution is 4.84. The van der Waals surface area contributed by atoms with Gasteiger partial charge in [0.1, 0.15) is 0 Å². The number of rotatable bonds is 3. The van der Waals surface area contributed by atoms with E-state index in [4.69, 9.17) is 6.58 Å². The SMILES string of the molecule is [CH]=C(C)CCC(C)C. The van der Waals surface area contributed by atoms with E-state index in [1.54, 1.807) is 0 Å². The van der Waals surface area contributed by atoms with Crippen molar-refractivity contribution in [2.45, 2.75) is 33.6 Å². The number of hydrogen-bond donors (Lipinski definition) is 0. The fourth-order valence-corrected chi connectivity index (χ4v) is 0.516. The maximum Gasteiger partial charge on any atom is -0.0318 e. The van der Waals surface area contributed by atoms with Crippen LogP contribution >= 0.6 is 0 Å². The average Bonchev–Trinajstić information content (AvgIpc) is 1.61. The molecular weight excluding hydrogens is 96.1 g/mol. The molecule has 0 aromatic heterocycles. The van der Waals surface area contributed by atoms with E-state index >= 15 is 0 Å². The van der Waals surface area contributed by atoms with Crippen LogP contribution in [0.15, 0.2) is 5.57 Å². The smallest absolute Gasteiger partial charge is 0.0318 e. The third-order valence-corrected chi connectivity index (χ3v) is 1.12. The van der Waals surface area contributed by atoms with Crippen LogP contribution in [0.4, 0.5) is 0 Å². The molecule has 8 heavy (non-hydrogen) atoms. The minimum Gasteiger partial charge on any atom is -0.0733 e. The van der Waals surface area contributed by atoms with Crippen LogP contribution in [0.5, 0.6) is 0 Å². The van der Waals surface area contributed by atoms with Crippen LogP contribution in [0.3, 0.4) is 0 Å². The lowest BCUT2D eigenvalue weighted by atomic mass is 10.1. The molecule has 0 rings (SSSR count). The zero-order valence-corrected chi connectivity index (χ0v) is 6.07. The molecule has 0 aliphatic heterocycles. The van der Waals surface area contributed by atoms with Crippen molar-refractivity contribution in [2.75, 3.05) is 0 Å². The van der Waals surface area contributed by atoms with Crippen LogP contribution in [0.25, 0.3) is 0 Å². The lowest BCUT2D eigenvalue weighted by Crippen LogP contribution is -1.86. The van der Waals surface area contributed by atoms with Gasteiger partial charge in [-0.05, 0) is 25.7 Å². The van der Waals surface area contributed by atoms with E-state index in [-0.39, 0.29) is 0 Å². The van der Waals surface area contributed by atoms with Crippen LogP contribution < -0.4 is 0 Å². The fourth-order valence-electron chi connectivity index (χ4n) is 0.516. The van der Waals surface area contributed by atoms with E-state index < -0.39 is 0 Å². The molecule has 0 aromatic rings. The van der Waals surface area contributed by atoms with Gasteiger partial charge in [-0.1, -0.05) is 26.0 Å². The van der Waals surface area contributed by atoms with Gasteiger partial charge in [-0.25, -0.2) is 0 Å². The summed E-state index contributed by atoms with van der Waals surface area (Å²) in [5.74, 6) is 0.786. The molecule has 0 saturated heterocycles. The van der Waals surface area contributed by atoms with Crippen molar-refractivity contribution in [3.63, 3.8) is 0 Å². The molecular formula is C8H15. The van der Waals surface area contributed by atoms with Gasteiger partial charge in [-0.15, -0.1) is 0 Å². The molecule has 0 N–H and O–H groups in total. The van der Waals surface area contributed by atoms with E-state index in [9.17, 15) is 0 Å². The monoisotopic (exact) mass is 111 g/mol. The summed E-state index contributed by atoms with van der Waals surface area (Å²) in [4.78, 5) is 0. The van der Waals surface area contributed by atoms with Gasteiger partial charge in [-0.3, -0.25) is 0 Å². The Morgan fingerprint density at radius 1 is 1.50 bits per heavy atom. The van der Waals surface area contributed by atoms with Crippen molar-refractivity contribution in [2.24, 2.45) is 5.92 Å². The second kappa shape index (κ2) is 3.71. The summed E-state index contributed by atoms with van der Waals surface area (Å²) in [6, 6.07) is 0. The highest BCUT2D eigenvalue weighted by Gasteiger charge is 1.91. The normalized spacial score (nSPS) is 10.0. The molecule has 0 nitrogen and oxygen atoms in total. The van der Waals surface area contributed by atoms with Crippen LogP contribution in [-0.2, 0) is 0 Å². The van der Waals surface area contributed by atoms with Gasteiger partial charge in [0, 0.05) is 0 Å². The van der Waals surface area contributed by atoms with Crippen LogP contribution in [0.1, 0.15) is 33.6 Å². The Morgan fingerprint density at radius 2 is 2.00 bits per heavy atom. The van der Waals surface area contributed by atoms with Gasteiger partial charge in [0.15, 0.2) is 0 Å². The molecule has 47 valence electrons. The molecule has 0 amide bonds. The Hall–Kier alpha value is -0.260. The van der Waals surface area contributed by atoms with Crippen molar-refractivity contribution in [1.29, 1.82) is 0 Å². The van der Waals surface area contributed by atoms with Crippen LogP contribution in [0.2, 0.25) is 0 Å². The summed E-state index contributed by atoms with van der Waals surface area (Å²) in [6.07, 6.45) is 2.31. The summed E-state index contributed by atoms with van der Waals surface area (Å²) in [6.45, 7) is 11.9. The first-order valence-electron chi connectivity index (χ1n) is 3.21. The molecule has 0 fully saturated rings. The standard InChI is InChI=1S/C8H15/c1-7(2)5-6-8(3)4/h1,8H,5-6H2,2-4H3. The Kier molecular flexibility index (Phi) is 3.59. The second-order valence-electron chi connectivity index (χ2n) is 2.78. The maximum absolute atomic E-state index is 5.46. The lowest BCUT2D eigenvalue weighted by molar-refractivity contribution is 0.585. The molecule has 1 radical (unpaired) electrons. The largest absolute Gasteiger partial charge is 0.0733 e. The van der Waals surface area contributed by atoms with Crippen molar-refractivity contribution in [1.82, 2.24) is 0 Å². The van der Waals surface area contributed by atoms with E-state index in [2.05, 4.69) is 13.8 Å². The summed E-state index contributed by atoms with van der Waals surface area (Å²) in [5, 5.41) is 0. The van der Waals surface area contributed by atoms with Crippen molar-refractivity contribution < 1.29 is 0 Å².